The first kappa shape index (κ1) is 14.4. The van der Waals surface area contributed by atoms with Crippen molar-refractivity contribution in [3.8, 4) is 0 Å². The molecule has 5 N–H and O–H groups in total. The number of methoxy groups -OCH3 is 1. The van der Waals surface area contributed by atoms with Crippen LogP contribution in [0, 0.1) is 0 Å². The number of alkyl halides is 1. The monoisotopic (exact) mass is 287 g/mol. The lowest BCUT2D eigenvalue weighted by Gasteiger charge is -2.23. The number of hydrogen-bond acceptors (Lipinski definition) is 7. The van der Waals surface area contributed by atoms with Crippen molar-refractivity contribution >= 4 is 17.1 Å². The molecule has 10 heteroatoms. The number of aliphatic hydroxyl groups excluding tert-OH is 2. The minimum absolute atomic E-state index is 0.0609. The van der Waals surface area contributed by atoms with Gasteiger partial charge in [0.1, 0.15) is 6.10 Å². The molecule has 2 heterocycles. The largest absolute Gasteiger partial charge is 0.394 e. The second kappa shape index (κ2) is 5.53. The third-order valence-electron chi connectivity index (χ3n) is 2.86. The Bertz CT molecular complexity index is 653. The summed E-state index contributed by atoms with van der Waals surface area (Å²) in [6.07, 6.45) is -3.83. The van der Waals surface area contributed by atoms with E-state index in [2.05, 4.69) is 15.0 Å². The number of nitrogens with zero attached hydrogens (tertiary/aromatic N) is 3. The van der Waals surface area contributed by atoms with Crippen molar-refractivity contribution in [2.75, 3.05) is 19.5 Å². The van der Waals surface area contributed by atoms with Crippen LogP contribution in [0.2, 0.25) is 0 Å². The van der Waals surface area contributed by atoms with Crippen LogP contribution >= 0.6 is 0 Å². The maximum absolute atomic E-state index is 14.0. The zero-order valence-electron chi connectivity index (χ0n) is 10.5. The molecule has 0 aliphatic heterocycles. The van der Waals surface area contributed by atoms with Gasteiger partial charge in [-0.2, -0.15) is 4.98 Å². The predicted octanol–water partition coefficient (Wildman–Crippen LogP) is -1.46. The first-order valence-electron chi connectivity index (χ1n) is 5.67. The Hall–Kier alpha value is -2.04. The Morgan fingerprint density at radius 3 is 2.95 bits per heavy atom. The minimum Gasteiger partial charge on any atom is -0.394 e. The highest BCUT2D eigenvalue weighted by atomic mass is 19.1. The fourth-order valence-electron chi connectivity index (χ4n) is 1.79. The predicted molar refractivity (Wildman–Crippen MR) is 66.6 cm³/mol. The van der Waals surface area contributed by atoms with Gasteiger partial charge < -0.3 is 20.7 Å². The van der Waals surface area contributed by atoms with Crippen molar-refractivity contribution in [2.24, 2.45) is 0 Å². The van der Waals surface area contributed by atoms with E-state index in [0.29, 0.717) is 0 Å². The quantitative estimate of drug-likeness (QED) is 0.527. The van der Waals surface area contributed by atoms with Crippen LogP contribution in [0.15, 0.2) is 11.1 Å². The molecule has 0 aliphatic carbocycles. The van der Waals surface area contributed by atoms with Gasteiger partial charge in [-0.25, -0.2) is 9.37 Å². The van der Waals surface area contributed by atoms with E-state index >= 15 is 0 Å². The van der Waals surface area contributed by atoms with Gasteiger partial charge in [0, 0.05) is 7.11 Å². The van der Waals surface area contributed by atoms with Crippen LogP contribution in [0.1, 0.15) is 6.23 Å². The number of nitrogens with two attached hydrogens (primary N) is 1. The lowest BCUT2D eigenvalue weighted by Crippen LogP contribution is -2.35. The van der Waals surface area contributed by atoms with Crippen molar-refractivity contribution in [2.45, 2.75) is 18.5 Å². The molecule has 0 bridgehead atoms. The molecule has 2 aromatic heterocycles. The molecule has 110 valence electrons. The molecular formula is C10H14FN5O4. The first-order chi connectivity index (χ1) is 9.49. The SMILES string of the molecule is CO[C@H](CO)[C@@H](F)[C@@H](O)n1cnc2c(=O)[nH]c(N)nc21. The number of hydrogen-bond donors (Lipinski definition) is 4. The number of nitrogens with one attached hydrogen (secondary N) is 1. The number of anilines is 1. The summed E-state index contributed by atoms with van der Waals surface area (Å²) in [5.41, 5.74) is 4.65. The second-order valence-corrected chi connectivity index (χ2v) is 4.09. The number of fused-ring (bicyclic) bond motifs is 1. The van der Waals surface area contributed by atoms with E-state index in [-0.39, 0.29) is 17.1 Å². The minimum atomic E-state index is -1.94. The summed E-state index contributed by atoms with van der Waals surface area (Å²) in [7, 11) is 1.20. The van der Waals surface area contributed by atoms with Crippen molar-refractivity contribution < 1.29 is 19.3 Å². The molecule has 3 atom stereocenters. The second-order valence-electron chi connectivity index (χ2n) is 4.09. The number of aromatic amines is 1. The van der Waals surface area contributed by atoms with Gasteiger partial charge in [0.05, 0.1) is 12.9 Å². The van der Waals surface area contributed by atoms with Crippen LogP contribution in [-0.4, -0.2) is 55.7 Å². The highest BCUT2D eigenvalue weighted by Gasteiger charge is 2.30. The summed E-state index contributed by atoms with van der Waals surface area (Å²) in [5.74, 6) is -0.183. The summed E-state index contributed by atoms with van der Waals surface area (Å²) in [5, 5.41) is 18.9. The van der Waals surface area contributed by atoms with Crippen LogP contribution in [0.25, 0.3) is 11.2 Å². The van der Waals surface area contributed by atoms with Crippen LogP contribution in [0.4, 0.5) is 10.3 Å². The van der Waals surface area contributed by atoms with Gasteiger partial charge in [-0.15, -0.1) is 0 Å². The van der Waals surface area contributed by atoms with Crippen LogP contribution < -0.4 is 11.3 Å². The van der Waals surface area contributed by atoms with Gasteiger partial charge in [0.25, 0.3) is 5.56 Å². The number of ether oxygens (including phenoxy) is 1. The number of rotatable bonds is 5. The molecule has 2 aromatic rings. The van der Waals surface area contributed by atoms with E-state index in [1.54, 1.807) is 0 Å². The van der Waals surface area contributed by atoms with E-state index < -0.39 is 30.7 Å². The zero-order valence-corrected chi connectivity index (χ0v) is 10.5. The number of imidazole rings is 1. The molecule has 20 heavy (non-hydrogen) atoms. The van der Waals surface area contributed by atoms with E-state index in [0.717, 1.165) is 10.9 Å². The standard InChI is InChI=1S/C10H14FN5O4/c1-20-4(2-17)5(11)9(19)16-3-13-6-7(16)14-10(12)15-8(6)18/h3-5,9,17,19H,2H2,1H3,(H3,12,14,15,18)/t4-,5-,9-/m1/s1. The smallest absolute Gasteiger partial charge is 0.280 e. The van der Waals surface area contributed by atoms with E-state index in [1.807, 2.05) is 0 Å². The Morgan fingerprint density at radius 2 is 2.35 bits per heavy atom. The molecule has 0 saturated carbocycles. The van der Waals surface area contributed by atoms with Crippen molar-refractivity contribution in [1.82, 2.24) is 19.5 Å². The van der Waals surface area contributed by atoms with Crippen LogP contribution in [-0.2, 0) is 4.74 Å². The van der Waals surface area contributed by atoms with Gasteiger partial charge in [0.15, 0.2) is 23.6 Å². The molecule has 0 spiro atoms. The molecule has 0 fully saturated rings. The van der Waals surface area contributed by atoms with Gasteiger partial charge in [-0.05, 0) is 0 Å². The van der Waals surface area contributed by atoms with Gasteiger partial charge in [-0.3, -0.25) is 14.3 Å². The Balaban J connectivity index is 2.45. The average Bonchev–Trinajstić information content (AvgIpc) is 2.83. The molecule has 0 amide bonds. The van der Waals surface area contributed by atoms with Crippen molar-refractivity contribution in [3.05, 3.63) is 16.7 Å². The summed E-state index contributed by atoms with van der Waals surface area (Å²) >= 11 is 0. The van der Waals surface area contributed by atoms with E-state index in [1.165, 1.54) is 7.11 Å². The summed E-state index contributed by atoms with van der Waals surface area (Å²) < 4.78 is 19.7. The fourth-order valence-corrected chi connectivity index (χ4v) is 1.79. The lowest BCUT2D eigenvalue weighted by molar-refractivity contribution is -0.0792. The summed E-state index contributed by atoms with van der Waals surface area (Å²) in [4.78, 5) is 21.3. The van der Waals surface area contributed by atoms with Gasteiger partial charge in [-0.1, -0.05) is 0 Å². The molecule has 0 aliphatic rings. The normalized spacial score (nSPS) is 16.2. The number of halogens is 1. The Labute approximate surface area is 111 Å². The molecule has 9 nitrogen and oxygen atoms in total. The zero-order chi connectivity index (χ0) is 14.9. The number of aromatic nitrogens is 4. The third-order valence-corrected chi connectivity index (χ3v) is 2.86. The van der Waals surface area contributed by atoms with Crippen molar-refractivity contribution in [3.63, 3.8) is 0 Å². The van der Waals surface area contributed by atoms with E-state index in [9.17, 15) is 14.3 Å². The van der Waals surface area contributed by atoms with Gasteiger partial charge in [0.2, 0.25) is 5.95 Å². The van der Waals surface area contributed by atoms with Crippen molar-refractivity contribution in [1.29, 1.82) is 0 Å². The maximum atomic E-state index is 14.0. The molecular weight excluding hydrogens is 273 g/mol. The molecule has 0 saturated heterocycles. The molecule has 0 radical (unpaired) electrons. The van der Waals surface area contributed by atoms with Crippen LogP contribution in [0.3, 0.4) is 0 Å². The number of aliphatic hydroxyl groups is 2. The summed E-state index contributed by atoms with van der Waals surface area (Å²) in [6, 6.07) is 0. The highest BCUT2D eigenvalue weighted by molar-refractivity contribution is 5.70. The Morgan fingerprint density at radius 1 is 1.65 bits per heavy atom. The Kier molecular flexibility index (Phi) is 3.97. The highest BCUT2D eigenvalue weighted by Crippen LogP contribution is 2.20. The topological polar surface area (TPSA) is 139 Å². The molecule has 2 rings (SSSR count). The van der Waals surface area contributed by atoms with Gasteiger partial charge >= 0.3 is 0 Å². The molecule has 0 aromatic carbocycles. The maximum Gasteiger partial charge on any atom is 0.280 e. The molecule has 0 unspecified atom stereocenters. The number of nitrogen functional groups attached to an aromatic ring is 1. The summed E-state index contributed by atoms with van der Waals surface area (Å²) in [6.45, 7) is -0.614. The van der Waals surface area contributed by atoms with E-state index in [4.69, 9.17) is 15.6 Å². The number of H-pyrrole nitrogens is 1. The first-order valence-corrected chi connectivity index (χ1v) is 5.67. The van der Waals surface area contributed by atoms with Crippen LogP contribution in [0.5, 0.6) is 0 Å². The average molecular weight is 287 g/mol. The lowest BCUT2D eigenvalue weighted by atomic mass is 10.2. The fraction of sp³-hybridized carbons (Fsp3) is 0.500. The third kappa shape index (κ3) is 2.35.